The molecule has 0 spiro atoms. The fourth-order valence-corrected chi connectivity index (χ4v) is 3.37. The van der Waals surface area contributed by atoms with Gasteiger partial charge in [-0.1, -0.05) is 0 Å². The Kier molecular flexibility index (Phi) is 9.56. The van der Waals surface area contributed by atoms with Gasteiger partial charge in [-0.05, 0) is 37.5 Å². The lowest BCUT2D eigenvalue weighted by atomic mass is 10.2. The highest BCUT2D eigenvalue weighted by atomic mass is 16.5. The fourth-order valence-electron chi connectivity index (χ4n) is 3.37. The maximum atomic E-state index is 11.4. The Balaban J connectivity index is 1.76. The highest BCUT2D eigenvalue weighted by Gasteiger charge is 2.23. The molecule has 0 bridgehead atoms. The van der Waals surface area contributed by atoms with Crippen LogP contribution in [0.5, 0.6) is 11.5 Å². The average Bonchev–Trinajstić information content (AvgIpc) is 3.16. The van der Waals surface area contributed by atoms with Crippen LogP contribution in [-0.2, 0) is 16.1 Å². The molecule has 0 radical (unpaired) electrons. The molecule has 1 fully saturated rings. The number of guanidine groups is 1. The lowest BCUT2D eigenvalue weighted by Crippen LogP contribution is -2.44. The van der Waals surface area contributed by atoms with Gasteiger partial charge in [-0.25, -0.2) is 0 Å². The van der Waals surface area contributed by atoms with Crippen LogP contribution in [0.2, 0.25) is 0 Å². The Morgan fingerprint density at radius 2 is 1.97 bits per heavy atom. The minimum atomic E-state index is -0.155. The topological polar surface area (TPSA) is 84.4 Å². The minimum absolute atomic E-state index is 0.155. The molecule has 0 saturated carbocycles. The molecule has 1 aromatic carbocycles. The molecule has 2 N–H and O–H groups in total. The molecule has 1 aromatic rings. The second-order valence-corrected chi connectivity index (χ2v) is 6.99. The lowest BCUT2D eigenvalue weighted by Gasteiger charge is -2.19. The Bertz CT molecular complexity index is 658. The van der Waals surface area contributed by atoms with Crippen LogP contribution in [0, 0.1) is 0 Å². The number of carbonyl (C=O) groups excluding carboxylic acids is 1. The molecular formula is C21H34N4O4. The third kappa shape index (κ3) is 7.81. The van der Waals surface area contributed by atoms with Crippen LogP contribution in [0.25, 0.3) is 0 Å². The van der Waals surface area contributed by atoms with E-state index in [0.717, 1.165) is 43.5 Å². The molecule has 29 heavy (non-hydrogen) atoms. The van der Waals surface area contributed by atoms with Crippen LogP contribution in [0.4, 0.5) is 0 Å². The summed E-state index contributed by atoms with van der Waals surface area (Å²) in [7, 11) is 5.09. The van der Waals surface area contributed by atoms with Crippen molar-refractivity contribution in [3.8, 4) is 11.5 Å². The van der Waals surface area contributed by atoms with Crippen LogP contribution >= 0.6 is 0 Å². The standard InChI is InChI=1S/C21H34N4O4/c1-5-29-20(26)7-6-9-23-21(22-2)24-17-8-10-25(15-17)14-16-11-18(27-3)13-19(12-16)28-4/h11-13,17H,5-10,14-15H2,1-4H3,(H2,22,23,24). The molecule has 0 amide bonds. The molecule has 1 atom stereocenters. The summed E-state index contributed by atoms with van der Waals surface area (Å²) < 4.78 is 15.7. The number of hydrogen-bond donors (Lipinski definition) is 2. The van der Waals surface area contributed by atoms with Gasteiger partial charge in [-0.3, -0.25) is 14.7 Å². The van der Waals surface area contributed by atoms with Crippen molar-refractivity contribution in [2.45, 2.75) is 38.8 Å². The maximum Gasteiger partial charge on any atom is 0.305 e. The quantitative estimate of drug-likeness (QED) is 0.265. The van der Waals surface area contributed by atoms with E-state index in [2.05, 4.69) is 20.5 Å². The normalized spacial score (nSPS) is 17.1. The molecule has 2 rings (SSSR count). The molecule has 1 aliphatic heterocycles. The van der Waals surface area contributed by atoms with Crippen LogP contribution in [0.1, 0.15) is 31.7 Å². The number of aliphatic imine (C=N–C) groups is 1. The lowest BCUT2D eigenvalue weighted by molar-refractivity contribution is -0.143. The van der Waals surface area contributed by atoms with Crippen molar-refractivity contribution in [1.29, 1.82) is 0 Å². The van der Waals surface area contributed by atoms with E-state index in [-0.39, 0.29) is 5.97 Å². The second-order valence-electron chi connectivity index (χ2n) is 6.99. The zero-order valence-corrected chi connectivity index (χ0v) is 18.0. The molecule has 1 saturated heterocycles. The molecule has 1 unspecified atom stereocenters. The van der Waals surface area contributed by atoms with Crippen molar-refractivity contribution in [2.75, 3.05) is 47.5 Å². The number of nitrogens with one attached hydrogen (secondary N) is 2. The number of nitrogens with zero attached hydrogens (tertiary/aromatic N) is 2. The number of rotatable bonds is 10. The summed E-state index contributed by atoms with van der Waals surface area (Å²) in [5.74, 6) is 2.22. The van der Waals surface area contributed by atoms with Crippen molar-refractivity contribution < 1.29 is 19.0 Å². The van der Waals surface area contributed by atoms with E-state index in [1.807, 2.05) is 25.1 Å². The van der Waals surface area contributed by atoms with Crippen molar-refractivity contribution in [1.82, 2.24) is 15.5 Å². The first-order valence-corrected chi connectivity index (χ1v) is 10.1. The minimum Gasteiger partial charge on any atom is -0.497 e. The molecule has 162 valence electrons. The zero-order chi connectivity index (χ0) is 21.1. The van der Waals surface area contributed by atoms with Crippen molar-refractivity contribution >= 4 is 11.9 Å². The Morgan fingerprint density at radius 1 is 1.24 bits per heavy atom. The van der Waals surface area contributed by atoms with Gasteiger partial charge >= 0.3 is 5.97 Å². The Morgan fingerprint density at radius 3 is 2.59 bits per heavy atom. The van der Waals surface area contributed by atoms with E-state index in [1.165, 1.54) is 5.56 Å². The summed E-state index contributed by atoms with van der Waals surface area (Å²) in [6, 6.07) is 6.31. The van der Waals surface area contributed by atoms with Crippen LogP contribution < -0.4 is 20.1 Å². The Labute approximate surface area is 173 Å². The van der Waals surface area contributed by atoms with Gasteiger partial charge in [-0.15, -0.1) is 0 Å². The SMILES string of the molecule is CCOC(=O)CCCNC(=NC)NC1CCN(Cc2cc(OC)cc(OC)c2)C1. The van der Waals surface area contributed by atoms with Gasteiger partial charge in [0.25, 0.3) is 0 Å². The van der Waals surface area contributed by atoms with Gasteiger partial charge in [0.05, 0.1) is 20.8 Å². The largest absolute Gasteiger partial charge is 0.497 e. The van der Waals surface area contributed by atoms with E-state index in [1.54, 1.807) is 21.3 Å². The smallest absolute Gasteiger partial charge is 0.305 e. The zero-order valence-electron chi connectivity index (χ0n) is 18.0. The van der Waals surface area contributed by atoms with Gasteiger partial charge in [0.15, 0.2) is 5.96 Å². The molecule has 8 nitrogen and oxygen atoms in total. The highest BCUT2D eigenvalue weighted by Crippen LogP contribution is 2.24. The number of methoxy groups -OCH3 is 2. The molecular weight excluding hydrogens is 372 g/mol. The average molecular weight is 407 g/mol. The number of hydrogen-bond acceptors (Lipinski definition) is 6. The first-order chi connectivity index (χ1) is 14.1. The first-order valence-electron chi connectivity index (χ1n) is 10.1. The first kappa shape index (κ1) is 22.8. The number of ether oxygens (including phenoxy) is 3. The van der Waals surface area contributed by atoms with Gasteiger partial charge < -0.3 is 24.8 Å². The van der Waals surface area contributed by atoms with Crippen LogP contribution in [-0.4, -0.2) is 70.4 Å². The van der Waals surface area contributed by atoms with Crippen LogP contribution in [0.3, 0.4) is 0 Å². The third-order valence-corrected chi connectivity index (χ3v) is 4.81. The second kappa shape index (κ2) is 12.2. The summed E-state index contributed by atoms with van der Waals surface area (Å²) in [5.41, 5.74) is 1.17. The predicted molar refractivity (Wildman–Crippen MR) is 114 cm³/mol. The number of benzene rings is 1. The summed E-state index contributed by atoms with van der Waals surface area (Å²) in [6.07, 6.45) is 2.18. The molecule has 1 heterocycles. The van der Waals surface area contributed by atoms with Crippen molar-refractivity contribution in [2.24, 2.45) is 4.99 Å². The van der Waals surface area contributed by atoms with E-state index in [4.69, 9.17) is 14.2 Å². The fraction of sp³-hybridized carbons (Fsp3) is 0.619. The molecule has 0 aromatic heterocycles. The van der Waals surface area contributed by atoms with Crippen LogP contribution in [0.15, 0.2) is 23.2 Å². The predicted octanol–water partition coefficient (Wildman–Crippen LogP) is 1.79. The summed E-state index contributed by atoms with van der Waals surface area (Å²) in [4.78, 5) is 18.1. The molecule has 1 aliphatic rings. The molecule has 0 aliphatic carbocycles. The summed E-state index contributed by atoms with van der Waals surface area (Å²) in [5, 5.41) is 6.74. The van der Waals surface area contributed by atoms with E-state index in [0.29, 0.717) is 32.0 Å². The van der Waals surface area contributed by atoms with Gasteiger partial charge in [0, 0.05) is 51.8 Å². The summed E-state index contributed by atoms with van der Waals surface area (Å²) in [6.45, 7) is 5.71. The Hall–Kier alpha value is -2.48. The monoisotopic (exact) mass is 406 g/mol. The van der Waals surface area contributed by atoms with E-state index >= 15 is 0 Å². The van der Waals surface area contributed by atoms with E-state index < -0.39 is 0 Å². The number of likely N-dealkylation sites (tertiary alicyclic amines) is 1. The van der Waals surface area contributed by atoms with Gasteiger partial charge in [0.1, 0.15) is 11.5 Å². The summed E-state index contributed by atoms with van der Waals surface area (Å²) >= 11 is 0. The van der Waals surface area contributed by atoms with Gasteiger partial charge in [-0.2, -0.15) is 0 Å². The van der Waals surface area contributed by atoms with Crippen molar-refractivity contribution in [3.63, 3.8) is 0 Å². The molecule has 8 heteroatoms. The number of esters is 1. The van der Waals surface area contributed by atoms with Gasteiger partial charge in [0.2, 0.25) is 0 Å². The number of carbonyl (C=O) groups is 1. The van der Waals surface area contributed by atoms with Crippen molar-refractivity contribution in [3.05, 3.63) is 23.8 Å². The highest BCUT2D eigenvalue weighted by molar-refractivity contribution is 5.80. The maximum absolute atomic E-state index is 11.4. The third-order valence-electron chi connectivity index (χ3n) is 4.81. The van der Waals surface area contributed by atoms with E-state index in [9.17, 15) is 4.79 Å².